The fourth-order valence-electron chi connectivity index (χ4n) is 1.55. The predicted octanol–water partition coefficient (Wildman–Crippen LogP) is 3.82. The lowest BCUT2D eigenvalue weighted by atomic mass is 10.1. The predicted molar refractivity (Wildman–Crippen MR) is 67.2 cm³/mol. The van der Waals surface area contributed by atoms with Crippen molar-refractivity contribution >= 4 is 5.69 Å². The molecule has 0 aliphatic heterocycles. The molecule has 0 aliphatic carbocycles. The molecule has 0 fully saturated rings. The first-order valence-electron chi connectivity index (χ1n) is 5.68. The molecule has 0 aromatic heterocycles. The van der Waals surface area contributed by atoms with Crippen LogP contribution in [0.2, 0.25) is 0 Å². The van der Waals surface area contributed by atoms with E-state index in [0.717, 1.165) is 24.9 Å². The standard InChI is InChI=1S/C14H20N/c1-4-7-12-8-10-14(11-9-12)15-13(5-2)6-3/h4,8-10,13,15H,1,5-7H2,2-3H3. The Labute approximate surface area is 93.2 Å². The molecule has 0 aliphatic rings. The fraction of sp³-hybridized carbons (Fsp3) is 0.429. The van der Waals surface area contributed by atoms with Gasteiger partial charge in [-0.2, -0.15) is 0 Å². The minimum absolute atomic E-state index is 0.562. The second-order valence-electron chi connectivity index (χ2n) is 3.76. The number of hydrogen-bond acceptors (Lipinski definition) is 1. The lowest BCUT2D eigenvalue weighted by Gasteiger charge is -2.15. The molecule has 81 valence electrons. The first-order valence-corrected chi connectivity index (χ1v) is 5.68. The molecule has 0 atom stereocenters. The van der Waals surface area contributed by atoms with E-state index in [4.69, 9.17) is 0 Å². The molecule has 1 aromatic rings. The van der Waals surface area contributed by atoms with Crippen molar-refractivity contribution in [3.8, 4) is 0 Å². The van der Waals surface area contributed by atoms with Gasteiger partial charge in [0.1, 0.15) is 0 Å². The van der Waals surface area contributed by atoms with E-state index in [-0.39, 0.29) is 0 Å². The highest BCUT2D eigenvalue weighted by atomic mass is 14.9. The smallest absolute Gasteiger partial charge is 0.0422 e. The summed E-state index contributed by atoms with van der Waals surface area (Å²) >= 11 is 0. The van der Waals surface area contributed by atoms with Crippen LogP contribution in [0.5, 0.6) is 0 Å². The van der Waals surface area contributed by atoms with Gasteiger partial charge in [-0.3, -0.25) is 0 Å². The number of rotatable bonds is 6. The molecule has 0 amide bonds. The molecular weight excluding hydrogens is 182 g/mol. The van der Waals surface area contributed by atoms with E-state index < -0.39 is 0 Å². The molecule has 0 unspecified atom stereocenters. The summed E-state index contributed by atoms with van der Waals surface area (Å²) in [6.07, 6.45) is 5.14. The molecule has 0 saturated heterocycles. The molecule has 0 heterocycles. The van der Waals surface area contributed by atoms with Gasteiger partial charge in [0.25, 0.3) is 0 Å². The molecule has 15 heavy (non-hydrogen) atoms. The van der Waals surface area contributed by atoms with Gasteiger partial charge in [0.15, 0.2) is 0 Å². The van der Waals surface area contributed by atoms with Crippen LogP contribution in [0, 0.1) is 6.07 Å². The van der Waals surface area contributed by atoms with Gasteiger partial charge < -0.3 is 5.32 Å². The van der Waals surface area contributed by atoms with Gasteiger partial charge in [0.05, 0.1) is 0 Å². The van der Waals surface area contributed by atoms with Crippen molar-refractivity contribution in [3.63, 3.8) is 0 Å². The molecule has 0 bridgehead atoms. The zero-order chi connectivity index (χ0) is 11.1. The third kappa shape index (κ3) is 3.78. The highest BCUT2D eigenvalue weighted by Crippen LogP contribution is 2.12. The molecule has 0 spiro atoms. The molecule has 1 nitrogen and oxygen atoms in total. The lowest BCUT2D eigenvalue weighted by molar-refractivity contribution is 0.671. The van der Waals surface area contributed by atoms with Gasteiger partial charge in [-0.15, -0.1) is 6.58 Å². The first-order chi connectivity index (χ1) is 7.30. The van der Waals surface area contributed by atoms with Crippen LogP contribution >= 0.6 is 0 Å². The number of anilines is 1. The summed E-state index contributed by atoms with van der Waals surface area (Å²) in [5.74, 6) is 0. The van der Waals surface area contributed by atoms with Crippen LogP contribution in [-0.2, 0) is 6.42 Å². The number of benzene rings is 1. The normalized spacial score (nSPS) is 10.3. The summed E-state index contributed by atoms with van der Waals surface area (Å²) in [5, 5.41) is 3.47. The average molecular weight is 202 g/mol. The fourth-order valence-corrected chi connectivity index (χ4v) is 1.55. The molecule has 1 N–H and O–H groups in total. The maximum Gasteiger partial charge on any atom is 0.0422 e. The number of allylic oxidation sites excluding steroid dienone is 1. The van der Waals surface area contributed by atoms with Crippen molar-refractivity contribution in [2.24, 2.45) is 0 Å². The monoisotopic (exact) mass is 202 g/mol. The SMILES string of the molecule is C=CCc1c[c]c(NC(CC)CC)cc1. The van der Waals surface area contributed by atoms with Crippen molar-refractivity contribution in [2.75, 3.05) is 5.32 Å². The van der Waals surface area contributed by atoms with Gasteiger partial charge in [0.2, 0.25) is 0 Å². The van der Waals surface area contributed by atoms with Gasteiger partial charge in [-0.1, -0.05) is 26.0 Å². The number of nitrogens with one attached hydrogen (secondary N) is 1. The van der Waals surface area contributed by atoms with Crippen LogP contribution in [-0.4, -0.2) is 6.04 Å². The second-order valence-corrected chi connectivity index (χ2v) is 3.76. The number of hydrogen-bond donors (Lipinski definition) is 1. The third-order valence-corrected chi connectivity index (χ3v) is 2.60. The van der Waals surface area contributed by atoms with E-state index in [0.29, 0.717) is 6.04 Å². The summed E-state index contributed by atoms with van der Waals surface area (Å²) in [7, 11) is 0. The van der Waals surface area contributed by atoms with E-state index in [1.165, 1.54) is 5.56 Å². The van der Waals surface area contributed by atoms with E-state index in [1.54, 1.807) is 0 Å². The van der Waals surface area contributed by atoms with E-state index in [2.05, 4.69) is 43.9 Å². The molecule has 1 radical (unpaired) electrons. The highest BCUT2D eigenvalue weighted by Gasteiger charge is 2.02. The van der Waals surface area contributed by atoms with Crippen molar-refractivity contribution < 1.29 is 0 Å². The van der Waals surface area contributed by atoms with Crippen LogP contribution in [0.1, 0.15) is 32.3 Å². The lowest BCUT2D eigenvalue weighted by Crippen LogP contribution is -2.16. The minimum atomic E-state index is 0.562. The van der Waals surface area contributed by atoms with Gasteiger partial charge >= 0.3 is 0 Å². The molecule has 1 heteroatoms. The topological polar surface area (TPSA) is 12.0 Å². The van der Waals surface area contributed by atoms with Crippen molar-refractivity contribution in [1.82, 2.24) is 0 Å². The Bertz CT molecular complexity index is 283. The second kappa shape index (κ2) is 6.28. The Morgan fingerprint density at radius 1 is 1.40 bits per heavy atom. The maximum atomic E-state index is 3.72. The molecular formula is C14H20N. The Morgan fingerprint density at radius 3 is 2.60 bits per heavy atom. The van der Waals surface area contributed by atoms with Crippen LogP contribution in [0.25, 0.3) is 0 Å². The first kappa shape index (κ1) is 11.8. The maximum absolute atomic E-state index is 3.72. The van der Waals surface area contributed by atoms with Gasteiger partial charge in [-0.05, 0) is 37.0 Å². The third-order valence-electron chi connectivity index (χ3n) is 2.60. The Morgan fingerprint density at radius 2 is 2.13 bits per heavy atom. The largest absolute Gasteiger partial charge is 0.382 e. The van der Waals surface area contributed by atoms with E-state index in [1.807, 2.05) is 12.1 Å². The van der Waals surface area contributed by atoms with Gasteiger partial charge in [0, 0.05) is 17.8 Å². The van der Waals surface area contributed by atoms with E-state index in [9.17, 15) is 0 Å². The van der Waals surface area contributed by atoms with E-state index >= 15 is 0 Å². The van der Waals surface area contributed by atoms with Crippen LogP contribution in [0.3, 0.4) is 0 Å². The van der Waals surface area contributed by atoms with Crippen molar-refractivity contribution in [2.45, 2.75) is 39.2 Å². The summed E-state index contributed by atoms with van der Waals surface area (Å²) in [4.78, 5) is 0. The van der Waals surface area contributed by atoms with Crippen LogP contribution < -0.4 is 5.32 Å². The summed E-state index contributed by atoms with van der Waals surface area (Å²) < 4.78 is 0. The Balaban J connectivity index is 2.59. The molecule has 1 aromatic carbocycles. The Kier molecular flexibility index (Phi) is 4.96. The highest BCUT2D eigenvalue weighted by molar-refractivity contribution is 5.44. The summed E-state index contributed by atoms with van der Waals surface area (Å²) in [6, 6.07) is 10.1. The van der Waals surface area contributed by atoms with Gasteiger partial charge in [-0.25, -0.2) is 0 Å². The van der Waals surface area contributed by atoms with Crippen molar-refractivity contribution in [3.05, 3.63) is 42.5 Å². The quantitative estimate of drug-likeness (QED) is 0.691. The van der Waals surface area contributed by atoms with Crippen LogP contribution in [0.15, 0.2) is 30.9 Å². The molecule has 0 saturated carbocycles. The minimum Gasteiger partial charge on any atom is -0.382 e. The van der Waals surface area contributed by atoms with Crippen LogP contribution in [0.4, 0.5) is 5.69 Å². The van der Waals surface area contributed by atoms with Crippen molar-refractivity contribution in [1.29, 1.82) is 0 Å². The average Bonchev–Trinajstić information content (AvgIpc) is 2.28. The summed E-state index contributed by atoms with van der Waals surface area (Å²) in [6.45, 7) is 8.13. The zero-order valence-corrected chi connectivity index (χ0v) is 9.72. The zero-order valence-electron chi connectivity index (χ0n) is 9.72. The molecule has 1 rings (SSSR count). The summed E-state index contributed by atoms with van der Waals surface area (Å²) in [5.41, 5.74) is 2.36. The Hall–Kier alpha value is -1.24.